The van der Waals surface area contributed by atoms with Gasteiger partial charge in [0.1, 0.15) is 96.2 Å². The molecule has 0 radical (unpaired) electrons. The molecule has 0 aliphatic carbocycles. The van der Waals surface area contributed by atoms with Crippen molar-refractivity contribution in [2.24, 2.45) is 0 Å². The summed E-state index contributed by atoms with van der Waals surface area (Å²) in [4.78, 5) is 64.3. The van der Waals surface area contributed by atoms with Gasteiger partial charge in [-0.1, -0.05) is 12.1 Å². The van der Waals surface area contributed by atoms with E-state index in [1.165, 1.54) is 51.7 Å². The van der Waals surface area contributed by atoms with Gasteiger partial charge < -0.3 is 17.2 Å². The molecule has 0 saturated heterocycles. The lowest BCUT2D eigenvalue weighted by Gasteiger charge is -2.11. The minimum absolute atomic E-state index is 0.0559. The highest BCUT2D eigenvalue weighted by Gasteiger charge is 2.26. The minimum atomic E-state index is -3.94. The van der Waals surface area contributed by atoms with Crippen molar-refractivity contribution >= 4 is 163 Å². The van der Waals surface area contributed by atoms with Crippen LogP contribution in [-0.4, -0.2) is 124 Å². The Morgan fingerprint density at radius 3 is 1.27 bits per heavy atom. The van der Waals surface area contributed by atoms with Crippen LogP contribution < -0.4 is 21.9 Å². The van der Waals surface area contributed by atoms with Gasteiger partial charge in [-0.2, -0.15) is 15.3 Å². The highest BCUT2D eigenvalue weighted by molar-refractivity contribution is 9.11. The molecule has 518 valence electrons. The zero-order valence-electron chi connectivity index (χ0n) is 50.7. The fourth-order valence-corrected chi connectivity index (χ4v) is 9.29. The van der Waals surface area contributed by atoms with Gasteiger partial charge in [-0.3, -0.25) is 44.0 Å². The molecule has 0 atom stereocenters. The Balaban J connectivity index is 0.000000216. The van der Waals surface area contributed by atoms with Gasteiger partial charge in [0.05, 0.1) is 45.1 Å². The lowest BCUT2D eigenvalue weighted by atomic mass is 10.0. The Bertz CT molecular complexity index is 4970. The number of sulfone groups is 1. The smallest absolute Gasteiger partial charge is 0.295 e. The number of anilines is 4. The maximum atomic E-state index is 14.5. The number of hydrogen-bond donors (Lipinski definition) is 7. The minimum Gasteiger partial charge on any atom is -0.394 e. The number of halogens is 14. The zero-order valence-corrected chi connectivity index (χ0v) is 58.7. The van der Waals surface area contributed by atoms with Crippen molar-refractivity contribution in [2.45, 2.75) is 13.3 Å². The monoisotopic (exact) mass is 1670 g/mol. The SMILES string of the molecule is CC(=O)Cc1c(F)cccc1F.CON(C)C(=O)c1[nH]nc2ncc(Br)cc12.CS(=O)(=O)Nc1c(F)ccc(C(=O)c2[nH]nc3ncc(Br)cc23)c1F.CS(C)(=O)=O.Nc1c(F)ccc(Br)c1F.Nc1c(F)ccc(C(=O)c2[nH]nc3ncc(Br)cc23)c1F.Nc1c(F)cccc1F. The summed E-state index contributed by atoms with van der Waals surface area (Å²) in [5, 5.41) is 21.8. The van der Waals surface area contributed by atoms with Gasteiger partial charge in [0, 0.05) is 63.6 Å². The molecule has 0 fully saturated rings. The molecule has 11 rings (SSSR count). The summed E-state index contributed by atoms with van der Waals surface area (Å²) in [5.74, 6) is -10.8. The summed E-state index contributed by atoms with van der Waals surface area (Å²) in [7, 11) is -3.65. The van der Waals surface area contributed by atoms with Gasteiger partial charge in [-0.25, -0.2) is 80.8 Å². The van der Waals surface area contributed by atoms with Gasteiger partial charge in [-0.05, 0) is 150 Å². The zero-order chi connectivity index (χ0) is 73.4. The molecule has 6 heterocycles. The molecule has 10 N–H and O–H groups in total. The Morgan fingerprint density at radius 2 is 0.878 bits per heavy atom. The molecule has 98 heavy (non-hydrogen) atoms. The number of fused-ring (bicyclic) bond motifs is 3. The predicted octanol–water partition coefficient (Wildman–Crippen LogP) is 12.4. The first-order valence-electron chi connectivity index (χ1n) is 26.5. The van der Waals surface area contributed by atoms with Crippen LogP contribution in [0.2, 0.25) is 0 Å². The van der Waals surface area contributed by atoms with Gasteiger partial charge in [-0.15, -0.1) is 0 Å². The summed E-state index contributed by atoms with van der Waals surface area (Å²) >= 11 is 12.6. The number of carbonyl (C=O) groups is 4. The molecule has 0 bridgehead atoms. The van der Waals surface area contributed by atoms with E-state index < -0.39 is 118 Å². The number of aromatic nitrogens is 9. The molecule has 6 aromatic heterocycles. The normalized spacial score (nSPS) is 10.8. The van der Waals surface area contributed by atoms with E-state index in [0.717, 1.165) is 82.9 Å². The Kier molecular flexibility index (Phi) is 28.2. The first kappa shape index (κ1) is 79.4. The maximum Gasteiger partial charge on any atom is 0.295 e. The predicted molar refractivity (Wildman–Crippen MR) is 357 cm³/mol. The summed E-state index contributed by atoms with van der Waals surface area (Å²) < 4.78 is 176. The molecule has 0 unspecified atom stereocenters. The van der Waals surface area contributed by atoms with Gasteiger partial charge in [0.25, 0.3) is 5.91 Å². The largest absolute Gasteiger partial charge is 0.394 e. The number of sulfonamides is 1. The lowest BCUT2D eigenvalue weighted by molar-refractivity contribution is -0.116. The maximum absolute atomic E-state index is 14.5. The van der Waals surface area contributed by atoms with Gasteiger partial charge >= 0.3 is 0 Å². The second-order valence-electron chi connectivity index (χ2n) is 19.6. The summed E-state index contributed by atoms with van der Waals surface area (Å²) in [6.45, 7) is 1.30. The number of carbonyl (C=O) groups excluding carboxylic acids is 4. The van der Waals surface area contributed by atoms with E-state index in [4.69, 9.17) is 22.0 Å². The van der Waals surface area contributed by atoms with Crippen molar-refractivity contribution in [1.82, 2.24) is 50.6 Å². The number of hydroxylamine groups is 2. The quantitative estimate of drug-likeness (QED) is 0.0220. The third kappa shape index (κ3) is 21.9. The van der Waals surface area contributed by atoms with Crippen molar-refractivity contribution in [1.29, 1.82) is 0 Å². The van der Waals surface area contributed by atoms with Crippen molar-refractivity contribution in [2.75, 3.05) is 54.8 Å². The fourth-order valence-electron chi connectivity index (χ4n) is 7.40. The van der Waals surface area contributed by atoms with Crippen LogP contribution in [0.1, 0.15) is 55.1 Å². The second-order valence-corrected chi connectivity index (χ2v) is 27.2. The number of rotatable bonds is 10. The van der Waals surface area contributed by atoms with Crippen LogP contribution in [0, 0.1) is 58.2 Å². The van der Waals surface area contributed by atoms with Crippen LogP contribution in [0.15, 0.2) is 127 Å². The third-order valence-electron chi connectivity index (χ3n) is 11.9. The molecule has 5 aromatic carbocycles. The van der Waals surface area contributed by atoms with Gasteiger partial charge in [0.2, 0.25) is 21.6 Å². The Labute approximate surface area is 581 Å². The van der Waals surface area contributed by atoms with Crippen molar-refractivity contribution in [3.8, 4) is 0 Å². The van der Waals surface area contributed by atoms with Crippen LogP contribution in [0.5, 0.6) is 0 Å². The molecule has 1 amide bonds. The van der Waals surface area contributed by atoms with Crippen molar-refractivity contribution in [3.63, 3.8) is 0 Å². The average Bonchev–Trinajstić information content (AvgIpc) is 1.59. The number of aromatic amines is 3. The van der Waals surface area contributed by atoms with Crippen LogP contribution in [0.4, 0.5) is 66.7 Å². The summed E-state index contributed by atoms with van der Waals surface area (Å²) in [5.41, 5.74) is 13.1. The number of para-hydroxylation sites is 1. The number of H-pyrrole nitrogens is 3. The average molecular weight is 1670 g/mol. The topological polar surface area (TPSA) is 364 Å². The number of ketones is 3. The number of nitrogens with one attached hydrogen (secondary N) is 4. The Morgan fingerprint density at radius 1 is 0.520 bits per heavy atom. The fraction of sp³-hybridized carbons (Fsp3) is 0.119. The molecule has 39 heteroatoms. The van der Waals surface area contributed by atoms with E-state index in [9.17, 15) is 79.9 Å². The summed E-state index contributed by atoms with van der Waals surface area (Å²) in [6, 6.07) is 18.1. The Hall–Kier alpha value is -9.28. The molecular weight excluding hydrogens is 1620 g/mol. The second kappa shape index (κ2) is 34.8. The number of pyridine rings is 3. The first-order chi connectivity index (χ1) is 45.7. The number of Topliss-reactive ketones (excluding diaryl/α,β-unsaturated/α-hetero) is 1. The molecule has 11 aromatic rings. The van der Waals surface area contributed by atoms with E-state index in [-0.39, 0.29) is 50.7 Å². The number of hydrogen-bond acceptors (Lipinski definition) is 18. The highest BCUT2D eigenvalue weighted by Crippen LogP contribution is 2.30. The van der Waals surface area contributed by atoms with Crippen LogP contribution in [-0.2, 0) is 35.9 Å². The lowest BCUT2D eigenvalue weighted by Crippen LogP contribution is -2.25. The molecule has 23 nitrogen and oxygen atoms in total. The molecule has 0 aliphatic rings. The number of amides is 1. The number of nitrogens with two attached hydrogens (primary N) is 3. The van der Waals surface area contributed by atoms with E-state index in [1.807, 2.05) is 0 Å². The molecule has 0 saturated carbocycles. The third-order valence-corrected chi connectivity index (χ3v) is 14.4. The number of nitrogens with zero attached hydrogens (tertiary/aromatic N) is 7. The van der Waals surface area contributed by atoms with Crippen LogP contribution in [0.3, 0.4) is 0 Å². The van der Waals surface area contributed by atoms with E-state index in [2.05, 4.69) is 109 Å². The number of benzene rings is 5. The molecular formula is C59H48Br4F10N14O9S2. The van der Waals surface area contributed by atoms with Crippen LogP contribution >= 0.6 is 63.7 Å². The van der Waals surface area contributed by atoms with Gasteiger partial charge in [0.15, 0.2) is 34.4 Å². The van der Waals surface area contributed by atoms with E-state index in [1.54, 1.807) is 29.1 Å². The molecule has 0 spiro atoms. The first-order valence-corrected chi connectivity index (χ1v) is 33.9. The molecule has 0 aliphatic heterocycles. The standard InChI is InChI=1S/C14H9BrF2N4O3S.C13H7BrF2N4O.C9H9BrN4O2.C9H8F2O.C6H4BrF2N.C6H5F2N.C2H6O2S/c1-25(23,24)21-12-9(16)3-2-7(10(12)17)13(22)11-8-4-6(15)5-18-14(8)20-19-11;14-5-3-7-11(19-20-13(7)18-4-5)12(21)6-1-2-8(15)10(17)9(6)16;1-14(16-2)9(15)7-6-3-5(10)4-11-8(6)13-12-7;1-6(12)5-7-8(10)3-2-4-9(7)11;7-3-1-2-4(8)6(10)5(3)9;7-4-2-1-3-5(8)6(4)9;1-5(2,3)4/h2-5,21H,1H3,(H,18,19,20);1-4H,17H2,(H,18,19,20);3-4H,1-2H3,(H,11,12,13);2-4H,5H2,1H3;1-2H,10H2;1-3H,9H2;1-2H3. The number of nitrogen functional groups attached to an aromatic ring is 3. The highest BCUT2D eigenvalue weighted by atomic mass is 79.9. The van der Waals surface area contributed by atoms with Crippen molar-refractivity contribution < 1.29 is 84.8 Å². The van der Waals surface area contributed by atoms with E-state index >= 15 is 0 Å². The van der Waals surface area contributed by atoms with Crippen molar-refractivity contribution in [3.05, 3.63) is 219 Å². The summed E-state index contributed by atoms with van der Waals surface area (Å²) in [6.07, 6.45) is 7.50. The van der Waals surface area contributed by atoms with E-state index in [0.29, 0.717) is 42.1 Å². The van der Waals surface area contributed by atoms with Crippen LogP contribution in [0.25, 0.3) is 33.1 Å².